The number of hydrogen-bond acceptors (Lipinski definition) is 4. The Kier molecular flexibility index (Phi) is 6.51. The van der Waals surface area contributed by atoms with E-state index >= 15 is 0 Å². The molecule has 132 valence electrons. The second-order valence-electron chi connectivity index (χ2n) is 6.10. The Balaban J connectivity index is 1.83. The first-order chi connectivity index (χ1) is 12.0. The molecule has 0 fully saturated rings. The Morgan fingerprint density at radius 1 is 1.12 bits per heavy atom. The third-order valence-corrected chi connectivity index (χ3v) is 3.67. The van der Waals surface area contributed by atoms with Crippen LogP contribution in [0.4, 0.5) is 5.82 Å². The highest BCUT2D eigenvalue weighted by molar-refractivity contribution is 5.94. The molecule has 0 saturated carbocycles. The van der Waals surface area contributed by atoms with E-state index in [1.807, 2.05) is 56.3 Å². The Morgan fingerprint density at radius 2 is 1.84 bits per heavy atom. The molecule has 1 heterocycles. The predicted octanol–water partition coefficient (Wildman–Crippen LogP) is 1.97. The van der Waals surface area contributed by atoms with Gasteiger partial charge in [0.15, 0.2) is 0 Å². The zero-order valence-corrected chi connectivity index (χ0v) is 14.8. The summed E-state index contributed by atoms with van der Waals surface area (Å²) in [7, 11) is 3.82. The molecule has 6 nitrogen and oxygen atoms in total. The van der Waals surface area contributed by atoms with E-state index in [4.69, 9.17) is 0 Å². The van der Waals surface area contributed by atoms with E-state index in [1.165, 1.54) is 0 Å². The van der Waals surface area contributed by atoms with Crippen LogP contribution in [-0.4, -0.2) is 36.9 Å². The molecule has 2 amide bonds. The maximum Gasteiger partial charge on any atom is 0.251 e. The number of nitrogens with zero attached hydrogens (tertiary/aromatic N) is 2. The highest BCUT2D eigenvalue weighted by Crippen LogP contribution is 2.13. The third kappa shape index (κ3) is 5.60. The average molecular weight is 340 g/mol. The van der Waals surface area contributed by atoms with E-state index in [9.17, 15) is 9.59 Å². The summed E-state index contributed by atoms with van der Waals surface area (Å²) in [5, 5.41) is 5.72. The first-order valence-corrected chi connectivity index (χ1v) is 8.21. The molecule has 0 aliphatic heterocycles. The fraction of sp³-hybridized carbons (Fsp3) is 0.316. The molecule has 0 radical (unpaired) electrons. The molecule has 6 heteroatoms. The van der Waals surface area contributed by atoms with Crippen molar-refractivity contribution in [3.63, 3.8) is 0 Å². The number of carbonyl (C=O) groups excluding carboxylic acids is 2. The minimum absolute atomic E-state index is 0.116. The van der Waals surface area contributed by atoms with Crippen LogP contribution in [0.1, 0.15) is 29.3 Å². The van der Waals surface area contributed by atoms with E-state index in [2.05, 4.69) is 15.6 Å². The van der Waals surface area contributed by atoms with Crippen LogP contribution in [0.2, 0.25) is 0 Å². The Hall–Kier alpha value is -2.89. The maximum atomic E-state index is 12.1. The monoisotopic (exact) mass is 340 g/mol. The lowest BCUT2D eigenvalue weighted by molar-refractivity contribution is -0.121. The number of amides is 2. The lowest BCUT2D eigenvalue weighted by atomic mass is 10.1. The molecular formula is C19H24N4O2. The van der Waals surface area contributed by atoms with Crippen molar-refractivity contribution in [2.24, 2.45) is 0 Å². The van der Waals surface area contributed by atoms with Gasteiger partial charge in [-0.1, -0.05) is 24.3 Å². The van der Waals surface area contributed by atoms with Gasteiger partial charge in [0.25, 0.3) is 5.91 Å². The summed E-state index contributed by atoms with van der Waals surface area (Å²) >= 11 is 0. The van der Waals surface area contributed by atoms with Crippen molar-refractivity contribution in [1.82, 2.24) is 15.6 Å². The molecule has 2 N–H and O–H groups in total. The number of aromatic nitrogens is 1. The predicted molar refractivity (Wildman–Crippen MR) is 98.4 cm³/mol. The van der Waals surface area contributed by atoms with E-state index in [-0.39, 0.29) is 24.3 Å². The van der Waals surface area contributed by atoms with E-state index in [0.29, 0.717) is 12.1 Å². The van der Waals surface area contributed by atoms with Crippen molar-refractivity contribution < 1.29 is 9.59 Å². The second kappa shape index (κ2) is 8.82. The number of anilines is 1. The van der Waals surface area contributed by atoms with Crippen molar-refractivity contribution in [3.8, 4) is 0 Å². The summed E-state index contributed by atoms with van der Waals surface area (Å²) in [6.45, 7) is 2.22. The van der Waals surface area contributed by atoms with Crippen molar-refractivity contribution in [1.29, 1.82) is 0 Å². The van der Waals surface area contributed by atoms with Crippen LogP contribution in [-0.2, 0) is 11.3 Å². The molecule has 1 unspecified atom stereocenters. The van der Waals surface area contributed by atoms with Crippen molar-refractivity contribution >= 4 is 17.6 Å². The van der Waals surface area contributed by atoms with Crippen molar-refractivity contribution in [2.45, 2.75) is 25.9 Å². The van der Waals surface area contributed by atoms with E-state index < -0.39 is 0 Å². The van der Waals surface area contributed by atoms with Crippen LogP contribution >= 0.6 is 0 Å². The minimum Gasteiger partial charge on any atom is -0.362 e. The number of hydrogen-bond donors (Lipinski definition) is 2. The molecule has 0 bridgehead atoms. The zero-order chi connectivity index (χ0) is 18.2. The van der Waals surface area contributed by atoms with Crippen LogP contribution in [0.25, 0.3) is 0 Å². The van der Waals surface area contributed by atoms with Crippen LogP contribution < -0.4 is 15.5 Å². The minimum atomic E-state index is -0.255. The van der Waals surface area contributed by atoms with Gasteiger partial charge >= 0.3 is 0 Å². The van der Waals surface area contributed by atoms with Gasteiger partial charge < -0.3 is 15.5 Å². The second-order valence-corrected chi connectivity index (χ2v) is 6.10. The summed E-state index contributed by atoms with van der Waals surface area (Å²) in [5.74, 6) is 0.533. The molecule has 1 aromatic carbocycles. The van der Waals surface area contributed by atoms with Crippen molar-refractivity contribution in [3.05, 3.63) is 59.8 Å². The number of nitrogens with one attached hydrogen (secondary N) is 2. The van der Waals surface area contributed by atoms with Crippen LogP contribution in [0.15, 0.2) is 48.7 Å². The lowest BCUT2D eigenvalue weighted by Crippen LogP contribution is -2.37. The van der Waals surface area contributed by atoms with Gasteiger partial charge in [0, 0.05) is 50.4 Å². The number of pyridine rings is 1. The lowest BCUT2D eigenvalue weighted by Gasteiger charge is -2.17. The van der Waals surface area contributed by atoms with Gasteiger partial charge in [0.05, 0.1) is 0 Å². The molecule has 2 rings (SSSR count). The first-order valence-electron chi connectivity index (χ1n) is 8.21. The van der Waals surface area contributed by atoms with Gasteiger partial charge in [0.2, 0.25) is 5.91 Å². The largest absolute Gasteiger partial charge is 0.362 e. The van der Waals surface area contributed by atoms with Crippen LogP contribution in [0.3, 0.4) is 0 Å². The van der Waals surface area contributed by atoms with Gasteiger partial charge in [0.1, 0.15) is 5.82 Å². The van der Waals surface area contributed by atoms with Gasteiger partial charge in [-0.3, -0.25) is 9.59 Å². The van der Waals surface area contributed by atoms with Crippen molar-refractivity contribution in [2.75, 3.05) is 19.0 Å². The highest BCUT2D eigenvalue weighted by Gasteiger charge is 2.14. The third-order valence-electron chi connectivity index (χ3n) is 3.67. The molecule has 0 aliphatic rings. The van der Waals surface area contributed by atoms with Gasteiger partial charge in [-0.25, -0.2) is 4.98 Å². The summed E-state index contributed by atoms with van der Waals surface area (Å²) in [4.78, 5) is 30.4. The normalized spacial score (nSPS) is 11.5. The molecule has 25 heavy (non-hydrogen) atoms. The van der Waals surface area contributed by atoms with E-state index in [0.717, 1.165) is 11.4 Å². The molecular weight excluding hydrogens is 316 g/mol. The van der Waals surface area contributed by atoms with Gasteiger partial charge in [-0.2, -0.15) is 0 Å². The number of rotatable bonds is 7. The molecule has 1 atom stereocenters. The van der Waals surface area contributed by atoms with Crippen LogP contribution in [0, 0.1) is 0 Å². The van der Waals surface area contributed by atoms with Crippen LogP contribution in [0.5, 0.6) is 0 Å². The summed E-state index contributed by atoms with van der Waals surface area (Å²) in [6, 6.07) is 12.5. The molecule has 0 saturated heterocycles. The quantitative estimate of drug-likeness (QED) is 0.808. The van der Waals surface area contributed by atoms with Gasteiger partial charge in [-0.15, -0.1) is 0 Å². The maximum absolute atomic E-state index is 12.1. The SMILES string of the molecule is CC(CC(=O)NCc1cccnc1N(C)C)NC(=O)c1ccccc1. The Bertz CT molecular complexity index is 716. The smallest absolute Gasteiger partial charge is 0.251 e. The standard InChI is InChI=1S/C19H24N4O2/c1-14(22-19(25)15-8-5-4-6-9-15)12-17(24)21-13-16-10-7-11-20-18(16)23(2)3/h4-11,14H,12-13H2,1-3H3,(H,21,24)(H,22,25). The molecule has 2 aromatic rings. The molecule has 0 spiro atoms. The topological polar surface area (TPSA) is 74.3 Å². The van der Waals surface area contributed by atoms with E-state index in [1.54, 1.807) is 18.3 Å². The van der Waals surface area contributed by atoms with Gasteiger partial charge in [-0.05, 0) is 25.1 Å². The Labute approximate surface area is 148 Å². The summed E-state index contributed by atoms with van der Waals surface area (Å²) in [6.07, 6.45) is 1.94. The summed E-state index contributed by atoms with van der Waals surface area (Å²) < 4.78 is 0. The Morgan fingerprint density at radius 3 is 2.52 bits per heavy atom. The molecule has 1 aromatic heterocycles. The molecule has 0 aliphatic carbocycles. The average Bonchev–Trinajstić information content (AvgIpc) is 2.60. The fourth-order valence-electron chi connectivity index (χ4n) is 2.46. The highest BCUT2D eigenvalue weighted by atomic mass is 16.2. The number of benzene rings is 1. The number of carbonyl (C=O) groups is 2. The zero-order valence-electron chi connectivity index (χ0n) is 14.8. The summed E-state index contributed by atoms with van der Waals surface area (Å²) in [5.41, 5.74) is 1.53. The fourth-order valence-corrected chi connectivity index (χ4v) is 2.46. The first kappa shape index (κ1) is 18.4.